The Balaban J connectivity index is 1.56. The summed E-state index contributed by atoms with van der Waals surface area (Å²) in [6.07, 6.45) is 2.08. The van der Waals surface area contributed by atoms with Crippen LogP contribution in [0.5, 0.6) is 0 Å². The van der Waals surface area contributed by atoms with Crippen molar-refractivity contribution in [3.8, 4) is 0 Å². The van der Waals surface area contributed by atoms with Crippen LogP contribution in [0, 0.1) is 13.8 Å². The van der Waals surface area contributed by atoms with E-state index in [4.69, 9.17) is 0 Å². The van der Waals surface area contributed by atoms with E-state index < -0.39 is 6.10 Å². The molecule has 0 saturated carbocycles. The molecule has 0 bridgehead atoms. The van der Waals surface area contributed by atoms with E-state index in [0.29, 0.717) is 18.8 Å². The van der Waals surface area contributed by atoms with Crippen LogP contribution in [0.4, 0.5) is 0 Å². The van der Waals surface area contributed by atoms with Gasteiger partial charge in [-0.15, -0.1) is 0 Å². The summed E-state index contributed by atoms with van der Waals surface area (Å²) in [5.41, 5.74) is 7.16. The van der Waals surface area contributed by atoms with Gasteiger partial charge in [-0.05, 0) is 62.9 Å². The van der Waals surface area contributed by atoms with Gasteiger partial charge in [-0.25, -0.2) is 4.98 Å². The van der Waals surface area contributed by atoms with E-state index in [-0.39, 0.29) is 0 Å². The molecule has 154 valence electrons. The first kappa shape index (κ1) is 18.9. The first-order chi connectivity index (χ1) is 14.6. The fourth-order valence-electron chi connectivity index (χ4n) is 4.86. The maximum absolute atomic E-state index is 11.1. The quantitative estimate of drug-likeness (QED) is 0.397. The number of para-hydroxylation sites is 2. The molecule has 1 aliphatic carbocycles. The predicted octanol–water partition coefficient (Wildman–Crippen LogP) is 4.18. The summed E-state index contributed by atoms with van der Waals surface area (Å²) < 4.78 is 4.21. The molecular weight excluding hydrogens is 376 g/mol. The highest BCUT2D eigenvalue weighted by Gasteiger charge is 2.26. The van der Waals surface area contributed by atoms with Gasteiger partial charge in [0.05, 0.1) is 35.9 Å². The monoisotopic (exact) mass is 402 g/mol. The SMILES string of the molecule is Cc1ccc2c(c1)c1c(n2C[C@@H](O)Cn2c(C)nc3ccccc32)/C(=N\O)CCC1. The average molecular weight is 402 g/mol. The lowest BCUT2D eigenvalue weighted by molar-refractivity contribution is 0.136. The number of hydrogen-bond donors (Lipinski definition) is 2. The summed E-state index contributed by atoms with van der Waals surface area (Å²) in [4.78, 5) is 4.61. The van der Waals surface area contributed by atoms with E-state index in [2.05, 4.69) is 44.4 Å². The molecule has 1 aliphatic rings. The Morgan fingerprint density at radius 3 is 2.67 bits per heavy atom. The topological polar surface area (TPSA) is 75.6 Å². The van der Waals surface area contributed by atoms with Gasteiger partial charge in [-0.3, -0.25) is 0 Å². The zero-order valence-electron chi connectivity index (χ0n) is 17.3. The number of imidazole rings is 1. The lowest BCUT2D eigenvalue weighted by Crippen LogP contribution is -2.26. The van der Waals surface area contributed by atoms with Crippen molar-refractivity contribution in [2.45, 2.75) is 52.3 Å². The first-order valence-corrected chi connectivity index (χ1v) is 10.5. The second-order valence-corrected chi connectivity index (χ2v) is 8.27. The lowest BCUT2D eigenvalue weighted by Gasteiger charge is -2.20. The third kappa shape index (κ3) is 2.99. The molecule has 1 atom stereocenters. The third-order valence-electron chi connectivity index (χ3n) is 6.19. The number of aliphatic hydroxyl groups excluding tert-OH is 1. The zero-order valence-corrected chi connectivity index (χ0v) is 17.3. The van der Waals surface area contributed by atoms with Gasteiger partial charge in [0, 0.05) is 10.9 Å². The molecule has 4 aromatic rings. The van der Waals surface area contributed by atoms with Crippen molar-refractivity contribution in [3.05, 3.63) is 65.1 Å². The van der Waals surface area contributed by atoms with Gasteiger partial charge >= 0.3 is 0 Å². The van der Waals surface area contributed by atoms with Crippen LogP contribution in [0.1, 0.15) is 35.5 Å². The summed E-state index contributed by atoms with van der Waals surface area (Å²) >= 11 is 0. The molecule has 6 heteroatoms. The number of hydrogen-bond acceptors (Lipinski definition) is 4. The Hall–Kier alpha value is -3.12. The van der Waals surface area contributed by atoms with Gasteiger partial charge in [0.25, 0.3) is 0 Å². The number of rotatable bonds is 4. The van der Waals surface area contributed by atoms with Crippen LogP contribution in [-0.4, -0.2) is 36.2 Å². The Labute approximate surface area is 175 Å². The maximum Gasteiger partial charge on any atom is 0.106 e. The standard InChI is InChI=1S/C24H26N4O2/c1-15-10-11-22-19(12-15)18-6-5-8-21(26-30)24(18)28(22)14-17(29)13-27-16(2)25-20-7-3-4-9-23(20)27/h3-4,7,9-12,17,29-30H,5-6,8,13-14H2,1-2H3/b26-21-/t17-/m0/s1. The summed E-state index contributed by atoms with van der Waals surface area (Å²) in [6, 6.07) is 14.4. The number of oxime groups is 1. The van der Waals surface area contributed by atoms with Crippen molar-refractivity contribution in [1.82, 2.24) is 14.1 Å². The molecule has 0 saturated heterocycles. The normalized spacial score (nSPS) is 16.4. The van der Waals surface area contributed by atoms with Crippen molar-refractivity contribution in [3.63, 3.8) is 0 Å². The molecule has 2 aromatic heterocycles. The van der Waals surface area contributed by atoms with Gasteiger partial charge < -0.3 is 19.4 Å². The highest BCUT2D eigenvalue weighted by Crippen LogP contribution is 2.33. The Morgan fingerprint density at radius 1 is 1.03 bits per heavy atom. The first-order valence-electron chi connectivity index (χ1n) is 10.5. The van der Waals surface area contributed by atoms with Crippen molar-refractivity contribution in [2.75, 3.05) is 0 Å². The van der Waals surface area contributed by atoms with Crippen LogP contribution < -0.4 is 0 Å². The third-order valence-corrected chi connectivity index (χ3v) is 6.19. The van der Waals surface area contributed by atoms with Crippen LogP contribution in [-0.2, 0) is 19.5 Å². The molecule has 0 radical (unpaired) electrons. The van der Waals surface area contributed by atoms with Crippen molar-refractivity contribution < 1.29 is 10.3 Å². The van der Waals surface area contributed by atoms with E-state index in [1.54, 1.807) is 0 Å². The summed E-state index contributed by atoms with van der Waals surface area (Å²) in [5.74, 6) is 0.892. The van der Waals surface area contributed by atoms with Gasteiger partial charge in [-0.1, -0.05) is 28.9 Å². The second kappa shape index (κ2) is 7.29. The minimum atomic E-state index is -0.607. The molecular formula is C24H26N4O2. The fraction of sp³-hybridized carbons (Fsp3) is 0.333. The smallest absolute Gasteiger partial charge is 0.106 e. The van der Waals surface area contributed by atoms with Crippen LogP contribution in [0.3, 0.4) is 0 Å². The molecule has 0 spiro atoms. The Kier molecular flexibility index (Phi) is 4.59. The van der Waals surface area contributed by atoms with Crippen LogP contribution >= 0.6 is 0 Å². The van der Waals surface area contributed by atoms with Crippen LogP contribution in [0.15, 0.2) is 47.6 Å². The fourth-order valence-corrected chi connectivity index (χ4v) is 4.86. The number of aromatic nitrogens is 3. The minimum absolute atomic E-state index is 0.430. The second-order valence-electron chi connectivity index (χ2n) is 8.27. The van der Waals surface area contributed by atoms with E-state index >= 15 is 0 Å². The lowest BCUT2D eigenvalue weighted by atomic mass is 9.93. The number of aliphatic hydroxyl groups is 1. The van der Waals surface area contributed by atoms with Crippen molar-refractivity contribution >= 4 is 27.6 Å². The highest BCUT2D eigenvalue weighted by molar-refractivity contribution is 6.06. The summed E-state index contributed by atoms with van der Waals surface area (Å²) in [5, 5.41) is 25.5. The van der Waals surface area contributed by atoms with Crippen LogP contribution in [0.2, 0.25) is 0 Å². The van der Waals surface area contributed by atoms with Crippen molar-refractivity contribution in [1.29, 1.82) is 0 Å². The van der Waals surface area contributed by atoms with Crippen LogP contribution in [0.25, 0.3) is 21.9 Å². The van der Waals surface area contributed by atoms with Gasteiger partial charge in [0.2, 0.25) is 0 Å². The predicted molar refractivity (Wildman–Crippen MR) is 118 cm³/mol. The molecule has 6 nitrogen and oxygen atoms in total. The maximum atomic E-state index is 11.1. The Bertz CT molecular complexity index is 1280. The molecule has 2 N–H and O–H groups in total. The number of aryl methyl sites for hydroxylation is 3. The van der Waals surface area contributed by atoms with E-state index in [0.717, 1.165) is 47.3 Å². The summed E-state index contributed by atoms with van der Waals surface area (Å²) in [7, 11) is 0. The van der Waals surface area contributed by atoms with Gasteiger partial charge in [0.15, 0.2) is 0 Å². The van der Waals surface area contributed by atoms with E-state index in [9.17, 15) is 10.3 Å². The molecule has 0 fully saturated rings. The number of fused-ring (bicyclic) bond motifs is 4. The van der Waals surface area contributed by atoms with Gasteiger partial charge in [-0.2, -0.15) is 0 Å². The average Bonchev–Trinajstić information content (AvgIpc) is 3.22. The minimum Gasteiger partial charge on any atom is -0.411 e. The molecule has 0 aliphatic heterocycles. The number of benzene rings is 2. The van der Waals surface area contributed by atoms with Crippen molar-refractivity contribution in [2.24, 2.45) is 5.16 Å². The molecule has 30 heavy (non-hydrogen) atoms. The van der Waals surface area contributed by atoms with E-state index in [1.807, 2.05) is 31.2 Å². The zero-order chi connectivity index (χ0) is 20.8. The summed E-state index contributed by atoms with van der Waals surface area (Å²) in [6.45, 7) is 4.95. The largest absolute Gasteiger partial charge is 0.411 e. The molecule has 2 heterocycles. The van der Waals surface area contributed by atoms with Gasteiger partial charge in [0.1, 0.15) is 11.5 Å². The molecule has 5 rings (SSSR count). The molecule has 2 aromatic carbocycles. The van der Waals surface area contributed by atoms with E-state index in [1.165, 1.54) is 16.5 Å². The highest BCUT2D eigenvalue weighted by atomic mass is 16.4. The Morgan fingerprint density at radius 2 is 1.83 bits per heavy atom. The molecule has 0 amide bonds. The number of nitrogens with zero attached hydrogens (tertiary/aromatic N) is 4. The molecule has 0 unspecified atom stereocenters.